The third-order valence-electron chi connectivity index (χ3n) is 5.21. The van der Waals surface area contributed by atoms with Gasteiger partial charge in [0.25, 0.3) is 0 Å². The number of hydrogen-bond acceptors (Lipinski definition) is 4. The molecule has 2 aliphatic carbocycles. The van der Waals surface area contributed by atoms with Crippen LogP contribution in [0.3, 0.4) is 0 Å². The van der Waals surface area contributed by atoms with Gasteiger partial charge in [-0.05, 0) is 49.5 Å². The van der Waals surface area contributed by atoms with Crippen LogP contribution >= 0.6 is 0 Å². The molecule has 0 aromatic carbocycles. The number of urea groups is 1. The fraction of sp³-hybridized carbons (Fsp3) is 0.706. The van der Waals surface area contributed by atoms with Crippen molar-refractivity contribution in [3.05, 3.63) is 17.5 Å². The average Bonchev–Trinajstić information content (AvgIpc) is 3.06. The summed E-state index contributed by atoms with van der Waals surface area (Å²) in [6.07, 6.45) is 10.6. The van der Waals surface area contributed by atoms with E-state index in [2.05, 4.69) is 25.8 Å². The minimum absolute atomic E-state index is 0.0870. The summed E-state index contributed by atoms with van der Waals surface area (Å²) in [7, 11) is 0. The van der Waals surface area contributed by atoms with E-state index in [1.54, 1.807) is 6.08 Å². The number of aryl methyl sites for hydroxylation is 1. The number of nitrogens with zero attached hydrogens (tertiary/aromatic N) is 2. The van der Waals surface area contributed by atoms with Gasteiger partial charge in [-0.25, -0.2) is 14.6 Å². The fourth-order valence-electron chi connectivity index (χ4n) is 3.92. The van der Waals surface area contributed by atoms with Crippen molar-refractivity contribution in [1.82, 2.24) is 20.8 Å². The topological polar surface area (TPSA) is 99.2 Å². The van der Waals surface area contributed by atoms with Gasteiger partial charge in [0.05, 0.1) is 12.7 Å². The molecule has 1 fully saturated rings. The molecular formula is C17H25N5O2. The van der Waals surface area contributed by atoms with Crippen molar-refractivity contribution in [3.8, 4) is 0 Å². The van der Waals surface area contributed by atoms with Crippen molar-refractivity contribution in [2.24, 2.45) is 16.8 Å². The van der Waals surface area contributed by atoms with E-state index in [1.165, 1.54) is 5.56 Å². The molecule has 0 radical (unpaired) electrons. The Morgan fingerprint density at radius 2 is 2.25 bits per heavy atom. The van der Waals surface area contributed by atoms with E-state index in [-0.39, 0.29) is 12.1 Å². The van der Waals surface area contributed by atoms with Gasteiger partial charge >= 0.3 is 6.03 Å². The van der Waals surface area contributed by atoms with Crippen molar-refractivity contribution in [2.45, 2.75) is 51.0 Å². The van der Waals surface area contributed by atoms with Crippen LogP contribution in [0.4, 0.5) is 4.79 Å². The van der Waals surface area contributed by atoms with Gasteiger partial charge in [-0.15, -0.1) is 0 Å². The highest BCUT2D eigenvalue weighted by Gasteiger charge is 2.24. The van der Waals surface area contributed by atoms with E-state index >= 15 is 0 Å². The lowest BCUT2D eigenvalue weighted by Gasteiger charge is -2.28. The largest absolute Gasteiger partial charge is 0.338 e. The second-order valence-corrected chi connectivity index (χ2v) is 7.00. The molecule has 1 heterocycles. The third kappa shape index (κ3) is 4.45. The summed E-state index contributed by atoms with van der Waals surface area (Å²) in [5.41, 5.74) is 2.40. The lowest BCUT2D eigenvalue weighted by molar-refractivity contribution is 0.225. The minimum Gasteiger partial charge on any atom is -0.338 e. The molecule has 3 N–H and O–H groups in total. The summed E-state index contributed by atoms with van der Waals surface area (Å²) in [4.78, 5) is 26.1. The van der Waals surface area contributed by atoms with E-state index in [0.717, 1.165) is 50.6 Å². The van der Waals surface area contributed by atoms with Crippen molar-refractivity contribution in [1.29, 1.82) is 0 Å². The molecule has 3 atom stereocenters. The molecule has 0 aliphatic heterocycles. The van der Waals surface area contributed by atoms with Crippen LogP contribution in [-0.2, 0) is 17.6 Å². The number of aliphatic imine (C=N–C) groups is 1. The fourth-order valence-corrected chi connectivity index (χ4v) is 3.92. The standard InChI is InChI=1S/C17H25N5O2/c23-11-18-8-12-2-1-3-13(6-12)9-19-17(24)21-15-5-4-14-10-20-22-16(14)7-15/h10,12-13,15H,1-9H2,(H,20,22)(H2,19,21,24). The number of aromatic amines is 1. The van der Waals surface area contributed by atoms with Crippen LogP contribution < -0.4 is 10.6 Å². The number of hydrogen-bond donors (Lipinski definition) is 3. The zero-order valence-corrected chi connectivity index (χ0v) is 13.9. The predicted octanol–water partition coefficient (Wildman–Crippen LogP) is 1.71. The van der Waals surface area contributed by atoms with Crippen molar-refractivity contribution in [2.75, 3.05) is 13.1 Å². The van der Waals surface area contributed by atoms with Gasteiger partial charge in [0.1, 0.15) is 0 Å². The number of aromatic nitrogens is 2. The van der Waals surface area contributed by atoms with Gasteiger partial charge in [-0.3, -0.25) is 5.10 Å². The Labute approximate surface area is 141 Å². The SMILES string of the molecule is O=C=NCC1CCCC(CNC(=O)NC2CCc3cn[nH]c3C2)C1. The molecule has 1 aromatic rings. The Morgan fingerprint density at radius 1 is 1.38 bits per heavy atom. The highest BCUT2D eigenvalue weighted by Crippen LogP contribution is 2.28. The van der Waals surface area contributed by atoms with Crippen molar-refractivity contribution >= 4 is 12.1 Å². The molecule has 1 saturated carbocycles. The van der Waals surface area contributed by atoms with Gasteiger partial charge in [0, 0.05) is 24.7 Å². The molecule has 2 aliphatic rings. The summed E-state index contributed by atoms with van der Waals surface area (Å²) >= 11 is 0. The highest BCUT2D eigenvalue weighted by atomic mass is 16.2. The first-order valence-electron chi connectivity index (χ1n) is 8.83. The van der Waals surface area contributed by atoms with Gasteiger partial charge in [0.2, 0.25) is 6.08 Å². The summed E-state index contributed by atoms with van der Waals surface area (Å²) in [5, 5.41) is 13.1. The predicted molar refractivity (Wildman–Crippen MR) is 89.4 cm³/mol. The number of H-pyrrole nitrogens is 1. The molecular weight excluding hydrogens is 306 g/mol. The molecule has 3 rings (SSSR count). The first-order chi connectivity index (χ1) is 11.7. The summed E-state index contributed by atoms with van der Waals surface area (Å²) < 4.78 is 0. The number of carbonyl (C=O) groups is 1. The first kappa shape index (κ1) is 16.7. The van der Waals surface area contributed by atoms with E-state index in [9.17, 15) is 9.59 Å². The van der Waals surface area contributed by atoms with E-state index in [0.29, 0.717) is 24.9 Å². The third-order valence-corrected chi connectivity index (χ3v) is 5.21. The van der Waals surface area contributed by atoms with Gasteiger partial charge in [0.15, 0.2) is 0 Å². The lowest BCUT2D eigenvalue weighted by atomic mass is 9.81. The number of rotatable bonds is 5. The second kappa shape index (κ2) is 8.11. The quantitative estimate of drug-likeness (QED) is 0.566. The van der Waals surface area contributed by atoms with Crippen LogP contribution in [0.1, 0.15) is 43.4 Å². The normalized spacial score (nSPS) is 26.1. The van der Waals surface area contributed by atoms with Crippen LogP contribution in [0.2, 0.25) is 0 Å². The maximum absolute atomic E-state index is 12.1. The summed E-state index contributed by atoms with van der Waals surface area (Å²) in [6, 6.07) is 0.0787. The molecule has 24 heavy (non-hydrogen) atoms. The number of fused-ring (bicyclic) bond motifs is 1. The van der Waals surface area contributed by atoms with Crippen LogP contribution in [0.15, 0.2) is 11.2 Å². The zero-order chi connectivity index (χ0) is 16.8. The van der Waals surface area contributed by atoms with Gasteiger partial charge in [-0.2, -0.15) is 5.10 Å². The van der Waals surface area contributed by atoms with E-state index in [1.807, 2.05) is 6.20 Å². The summed E-state index contributed by atoms with van der Waals surface area (Å²) in [6.45, 7) is 1.26. The second-order valence-electron chi connectivity index (χ2n) is 7.00. The Balaban J connectivity index is 1.39. The molecule has 1 aromatic heterocycles. The molecule has 2 amide bonds. The highest BCUT2D eigenvalue weighted by molar-refractivity contribution is 5.74. The minimum atomic E-state index is -0.0870. The Hall–Kier alpha value is -2.14. The molecule has 0 bridgehead atoms. The zero-order valence-electron chi connectivity index (χ0n) is 13.9. The van der Waals surface area contributed by atoms with Crippen LogP contribution in [0.5, 0.6) is 0 Å². The van der Waals surface area contributed by atoms with Crippen molar-refractivity contribution in [3.63, 3.8) is 0 Å². The maximum Gasteiger partial charge on any atom is 0.315 e. The molecule has 3 unspecified atom stereocenters. The number of nitrogens with one attached hydrogen (secondary N) is 3. The first-order valence-corrected chi connectivity index (χ1v) is 8.83. The number of isocyanates is 1. The number of amides is 2. The Morgan fingerprint density at radius 3 is 3.12 bits per heavy atom. The monoisotopic (exact) mass is 331 g/mol. The van der Waals surface area contributed by atoms with Gasteiger partial charge < -0.3 is 10.6 Å². The van der Waals surface area contributed by atoms with Crippen LogP contribution in [-0.4, -0.2) is 41.4 Å². The van der Waals surface area contributed by atoms with Crippen LogP contribution in [0.25, 0.3) is 0 Å². The maximum atomic E-state index is 12.1. The lowest BCUT2D eigenvalue weighted by Crippen LogP contribution is -2.46. The molecule has 0 spiro atoms. The van der Waals surface area contributed by atoms with Gasteiger partial charge in [-0.1, -0.05) is 6.42 Å². The van der Waals surface area contributed by atoms with Crippen molar-refractivity contribution < 1.29 is 9.59 Å². The van der Waals surface area contributed by atoms with Crippen LogP contribution in [0, 0.1) is 11.8 Å². The smallest absolute Gasteiger partial charge is 0.315 e. The molecule has 7 nitrogen and oxygen atoms in total. The Kier molecular flexibility index (Phi) is 5.64. The molecule has 0 saturated heterocycles. The summed E-state index contributed by atoms with van der Waals surface area (Å²) in [5.74, 6) is 0.925. The Bertz CT molecular complexity index is 608. The average molecular weight is 331 g/mol. The van der Waals surface area contributed by atoms with E-state index in [4.69, 9.17) is 0 Å². The molecule has 130 valence electrons. The molecule has 7 heteroatoms. The number of carbonyl (C=O) groups excluding carboxylic acids is 2. The van der Waals surface area contributed by atoms with E-state index < -0.39 is 0 Å².